The number of aliphatic imine (C=N–C) groups is 1. The number of hydrogen-bond acceptors (Lipinski definition) is 2. The molecule has 1 aliphatic carbocycles. The molecule has 1 aromatic carbocycles. The number of anilines is 1. The van der Waals surface area contributed by atoms with Crippen LogP contribution in [0.2, 0.25) is 0 Å². The summed E-state index contributed by atoms with van der Waals surface area (Å²) in [7, 11) is 1.65. The predicted molar refractivity (Wildman–Crippen MR) is 65.9 cm³/mol. The van der Waals surface area contributed by atoms with E-state index < -0.39 is 0 Å². The molecule has 0 amide bonds. The lowest BCUT2D eigenvalue weighted by Crippen LogP contribution is -2.27. The molecule has 0 heterocycles. The summed E-state index contributed by atoms with van der Waals surface area (Å²) in [6.45, 7) is 0. The van der Waals surface area contributed by atoms with Crippen LogP contribution >= 0.6 is 0 Å². The molecule has 16 heavy (non-hydrogen) atoms. The Balaban J connectivity index is 1.94. The summed E-state index contributed by atoms with van der Waals surface area (Å²) in [5.74, 6) is 1.33. The minimum Gasteiger partial charge on any atom is -0.497 e. The van der Waals surface area contributed by atoms with Crippen LogP contribution in [0.15, 0.2) is 29.3 Å². The number of nitrogens with one attached hydrogen (secondary N) is 1. The second kappa shape index (κ2) is 4.88. The SMILES string of the molecule is COc1ccc(NC(N)=NC2CCC2)cc1. The first-order chi connectivity index (χ1) is 7.78. The summed E-state index contributed by atoms with van der Waals surface area (Å²) in [6, 6.07) is 8.03. The van der Waals surface area contributed by atoms with Crippen molar-refractivity contribution in [2.24, 2.45) is 10.7 Å². The molecule has 0 aliphatic heterocycles. The third-order valence-electron chi connectivity index (χ3n) is 2.76. The highest BCUT2D eigenvalue weighted by Crippen LogP contribution is 2.22. The Kier molecular flexibility index (Phi) is 3.29. The van der Waals surface area contributed by atoms with E-state index in [1.165, 1.54) is 6.42 Å². The lowest BCUT2D eigenvalue weighted by molar-refractivity contribution is 0.415. The molecule has 1 aliphatic rings. The number of benzene rings is 1. The van der Waals surface area contributed by atoms with Gasteiger partial charge in [0.05, 0.1) is 13.2 Å². The number of methoxy groups -OCH3 is 1. The first-order valence-corrected chi connectivity index (χ1v) is 5.52. The Bertz CT molecular complexity index is 368. The van der Waals surface area contributed by atoms with Crippen LogP contribution in [0.1, 0.15) is 19.3 Å². The number of guanidine groups is 1. The van der Waals surface area contributed by atoms with Crippen molar-refractivity contribution in [3.8, 4) is 5.75 Å². The molecule has 0 aromatic heterocycles. The van der Waals surface area contributed by atoms with Gasteiger partial charge in [0, 0.05) is 5.69 Å². The van der Waals surface area contributed by atoms with Gasteiger partial charge in [0.1, 0.15) is 5.75 Å². The average Bonchev–Trinajstić information content (AvgIpc) is 2.25. The van der Waals surface area contributed by atoms with E-state index in [2.05, 4.69) is 10.3 Å². The molecule has 1 aromatic rings. The van der Waals surface area contributed by atoms with Gasteiger partial charge >= 0.3 is 0 Å². The Hall–Kier alpha value is -1.71. The van der Waals surface area contributed by atoms with Crippen molar-refractivity contribution in [3.05, 3.63) is 24.3 Å². The van der Waals surface area contributed by atoms with Gasteiger partial charge < -0.3 is 15.8 Å². The van der Waals surface area contributed by atoms with Gasteiger partial charge in [-0.3, -0.25) is 0 Å². The maximum Gasteiger partial charge on any atom is 0.193 e. The van der Waals surface area contributed by atoms with Crippen molar-refractivity contribution in [1.29, 1.82) is 0 Å². The quantitative estimate of drug-likeness (QED) is 0.603. The van der Waals surface area contributed by atoms with Crippen LogP contribution in [0.3, 0.4) is 0 Å². The molecule has 0 spiro atoms. The van der Waals surface area contributed by atoms with Gasteiger partial charge in [-0.2, -0.15) is 0 Å². The molecule has 0 saturated heterocycles. The average molecular weight is 219 g/mol. The van der Waals surface area contributed by atoms with Crippen molar-refractivity contribution in [3.63, 3.8) is 0 Å². The largest absolute Gasteiger partial charge is 0.497 e. The van der Waals surface area contributed by atoms with Gasteiger partial charge in [-0.05, 0) is 43.5 Å². The van der Waals surface area contributed by atoms with Crippen molar-refractivity contribution in [1.82, 2.24) is 0 Å². The third kappa shape index (κ3) is 2.66. The van der Waals surface area contributed by atoms with E-state index in [1.807, 2.05) is 24.3 Å². The Morgan fingerprint density at radius 2 is 2.06 bits per heavy atom. The van der Waals surface area contributed by atoms with Gasteiger partial charge in [-0.1, -0.05) is 0 Å². The summed E-state index contributed by atoms with van der Waals surface area (Å²) in [5.41, 5.74) is 6.73. The monoisotopic (exact) mass is 219 g/mol. The van der Waals surface area contributed by atoms with E-state index in [0.29, 0.717) is 12.0 Å². The van der Waals surface area contributed by atoms with Crippen LogP contribution in [0, 0.1) is 0 Å². The molecule has 0 radical (unpaired) electrons. The van der Waals surface area contributed by atoms with E-state index in [0.717, 1.165) is 24.3 Å². The molecule has 0 atom stereocenters. The molecule has 4 heteroatoms. The fraction of sp³-hybridized carbons (Fsp3) is 0.417. The van der Waals surface area contributed by atoms with E-state index in [9.17, 15) is 0 Å². The Labute approximate surface area is 95.5 Å². The first-order valence-electron chi connectivity index (χ1n) is 5.52. The van der Waals surface area contributed by atoms with E-state index >= 15 is 0 Å². The van der Waals surface area contributed by atoms with Crippen LogP contribution in [-0.4, -0.2) is 19.1 Å². The molecule has 1 saturated carbocycles. The molecular weight excluding hydrogens is 202 g/mol. The zero-order valence-electron chi connectivity index (χ0n) is 9.44. The van der Waals surface area contributed by atoms with Gasteiger partial charge in [0.15, 0.2) is 5.96 Å². The maximum absolute atomic E-state index is 5.79. The molecular formula is C12H17N3O. The first kappa shape index (κ1) is 10.8. The minimum atomic E-state index is 0.422. The molecule has 0 unspecified atom stereocenters. The maximum atomic E-state index is 5.79. The fourth-order valence-electron chi connectivity index (χ4n) is 1.57. The minimum absolute atomic E-state index is 0.422. The summed E-state index contributed by atoms with van der Waals surface area (Å²) >= 11 is 0. The highest BCUT2D eigenvalue weighted by Gasteiger charge is 2.16. The smallest absolute Gasteiger partial charge is 0.193 e. The van der Waals surface area contributed by atoms with Crippen LogP contribution in [-0.2, 0) is 0 Å². The molecule has 1 fully saturated rings. The number of ether oxygens (including phenoxy) is 1. The Morgan fingerprint density at radius 3 is 2.56 bits per heavy atom. The molecule has 86 valence electrons. The van der Waals surface area contributed by atoms with Gasteiger partial charge in [-0.15, -0.1) is 0 Å². The Morgan fingerprint density at radius 1 is 1.38 bits per heavy atom. The van der Waals surface area contributed by atoms with Gasteiger partial charge in [0.25, 0.3) is 0 Å². The zero-order valence-corrected chi connectivity index (χ0v) is 9.44. The van der Waals surface area contributed by atoms with Crippen molar-refractivity contribution < 1.29 is 4.74 Å². The van der Waals surface area contributed by atoms with Crippen molar-refractivity contribution in [2.75, 3.05) is 12.4 Å². The van der Waals surface area contributed by atoms with Crippen LogP contribution < -0.4 is 15.8 Å². The second-order valence-electron chi connectivity index (χ2n) is 3.95. The van der Waals surface area contributed by atoms with Crippen molar-refractivity contribution >= 4 is 11.6 Å². The topological polar surface area (TPSA) is 59.6 Å². The van der Waals surface area contributed by atoms with Crippen LogP contribution in [0.25, 0.3) is 0 Å². The summed E-state index contributed by atoms with van der Waals surface area (Å²) in [5, 5.41) is 3.06. The molecule has 4 nitrogen and oxygen atoms in total. The standard InChI is InChI=1S/C12H17N3O/c1-16-11-7-5-10(6-8-11)15-12(13)14-9-3-2-4-9/h5-9H,2-4H2,1H3,(H3,13,14,15). The summed E-state index contributed by atoms with van der Waals surface area (Å²) < 4.78 is 5.08. The third-order valence-corrected chi connectivity index (χ3v) is 2.76. The predicted octanol–water partition coefficient (Wildman–Crippen LogP) is 1.97. The number of nitrogens with zero attached hydrogens (tertiary/aromatic N) is 1. The van der Waals surface area contributed by atoms with Crippen LogP contribution in [0.4, 0.5) is 5.69 Å². The van der Waals surface area contributed by atoms with E-state index in [-0.39, 0.29) is 0 Å². The lowest BCUT2D eigenvalue weighted by Gasteiger charge is -2.21. The zero-order chi connectivity index (χ0) is 11.4. The highest BCUT2D eigenvalue weighted by atomic mass is 16.5. The second-order valence-corrected chi connectivity index (χ2v) is 3.95. The van der Waals surface area contributed by atoms with E-state index in [1.54, 1.807) is 7.11 Å². The molecule has 3 N–H and O–H groups in total. The summed E-state index contributed by atoms with van der Waals surface area (Å²) in [6.07, 6.45) is 3.58. The van der Waals surface area contributed by atoms with Crippen molar-refractivity contribution in [2.45, 2.75) is 25.3 Å². The number of hydrogen-bond donors (Lipinski definition) is 2. The summed E-state index contributed by atoms with van der Waals surface area (Å²) in [4.78, 5) is 4.37. The number of nitrogens with two attached hydrogens (primary N) is 1. The van der Waals surface area contributed by atoms with Gasteiger partial charge in [0.2, 0.25) is 0 Å². The van der Waals surface area contributed by atoms with E-state index in [4.69, 9.17) is 10.5 Å². The van der Waals surface area contributed by atoms with Gasteiger partial charge in [-0.25, -0.2) is 4.99 Å². The van der Waals surface area contributed by atoms with Crippen LogP contribution in [0.5, 0.6) is 5.75 Å². The number of rotatable bonds is 3. The highest BCUT2D eigenvalue weighted by molar-refractivity contribution is 5.92. The molecule has 0 bridgehead atoms. The molecule has 2 rings (SSSR count). The fourth-order valence-corrected chi connectivity index (χ4v) is 1.57. The normalized spacial score (nSPS) is 16.7. The lowest BCUT2D eigenvalue weighted by atomic mass is 9.94.